The molecule has 3 nitrogen and oxygen atoms in total. The Kier molecular flexibility index (Phi) is 5.05. The fourth-order valence-corrected chi connectivity index (χ4v) is 2.91. The van der Waals surface area contributed by atoms with Gasteiger partial charge in [0.05, 0.1) is 6.61 Å². The summed E-state index contributed by atoms with van der Waals surface area (Å²) < 4.78 is 11.4. The third kappa shape index (κ3) is 3.24. The predicted molar refractivity (Wildman–Crippen MR) is 101 cm³/mol. The standard InChI is InChI=1S/C20H19BrO3/c1-13-14(2)20(22)24-19-12-15(8-9-16(13)19)17-6-3-4-7-18(17)23-11-5-10-21/h3-4,6-9,12H,5,10-11H2,1-2H3. The third-order valence-corrected chi connectivity index (χ3v) is 4.75. The smallest absolute Gasteiger partial charge is 0.339 e. The normalized spacial score (nSPS) is 11.0. The number of ether oxygens (including phenoxy) is 1. The lowest BCUT2D eigenvalue weighted by atomic mass is 10.0. The monoisotopic (exact) mass is 386 g/mol. The van der Waals surface area contributed by atoms with Crippen LogP contribution in [0.15, 0.2) is 51.7 Å². The number of halogens is 1. The molecular formula is C20H19BrO3. The summed E-state index contributed by atoms with van der Waals surface area (Å²) in [6.45, 7) is 4.40. The molecule has 3 rings (SSSR count). The Bertz CT molecular complexity index is 928. The van der Waals surface area contributed by atoms with Crippen LogP contribution in [0.5, 0.6) is 5.75 Å². The summed E-state index contributed by atoms with van der Waals surface area (Å²) in [4.78, 5) is 11.9. The lowest BCUT2D eigenvalue weighted by molar-refractivity contribution is 0.320. The summed E-state index contributed by atoms with van der Waals surface area (Å²) in [5.74, 6) is 0.837. The number of aryl methyl sites for hydroxylation is 1. The first-order chi connectivity index (χ1) is 11.6. The van der Waals surface area contributed by atoms with Crippen molar-refractivity contribution in [3.63, 3.8) is 0 Å². The minimum Gasteiger partial charge on any atom is -0.493 e. The van der Waals surface area contributed by atoms with Crippen LogP contribution in [-0.2, 0) is 0 Å². The summed E-state index contributed by atoms with van der Waals surface area (Å²) in [7, 11) is 0. The maximum absolute atomic E-state index is 11.9. The van der Waals surface area contributed by atoms with Crippen molar-refractivity contribution in [3.8, 4) is 16.9 Å². The van der Waals surface area contributed by atoms with E-state index in [1.54, 1.807) is 6.92 Å². The highest BCUT2D eigenvalue weighted by molar-refractivity contribution is 9.09. The Morgan fingerprint density at radius 1 is 1.08 bits per heavy atom. The lowest BCUT2D eigenvalue weighted by Gasteiger charge is -2.12. The number of hydrogen-bond acceptors (Lipinski definition) is 3. The molecule has 0 aliphatic heterocycles. The second-order valence-corrected chi connectivity index (χ2v) is 6.53. The van der Waals surface area contributed by atoms with Crippen molar-refractivity contribution in [2.45, 2.75) is 20.3 Å². The first-order valence-electron chi connectivity index (χ1n) is 7.94. The van der Waals surface area contributed by atoms with Gasteiger partial charge in [0.25, 0.3) is 0 Å². The summed E-state index contributed by atoms with van der Waals surface area (Å²) in [5.41, 5.74) is 3.93. The van der Waals surface area contributed by atoms with Gasteiger partial charge in [0, 0.05) is 21.8 Å². The lowest BCUT2D eigenvalue weighted by Crippen LogP contribution is -2.05. The van der Waals surface area contributed by atoms with Gasteiger partial charge in [0.2, 0.25) is 0 Å². The molecule has 0 N–H and O–H groups in total. The third-order valence-electron chi connectivity index (χ3n) is 4.19. The molecule has 0 saturated heterocycles. The molecule has 0 radical (unpaired) electrons. The van der Waals surface area contributed by atoms with E-state index in [1.165, 1.54) is 0 Å². The van der Waals surface area contributed by atoms with Gasteiger partial charge in [0.1, 0.15) is 11.3 Å². The van der Waals surface area contributed by atoms with Gasteiger partial charge in [-0.1, -0.05) is 46.3 Å². The molecule has 4 heteroatoms. The molecule has 0 atom stereocenters. The summed E-state index contributed by atoms with van der Waals surface area (Å²) in [5, 5.41) is 1.88. The number of para-hydroxylation sites is 1. The van der Waals surface area contributed by atoms with Crippen LogP contribution in [0.4, 0.5) is 0 Å². The van der Waals surface area contributed by atoms with Crippen molar-refractivity contribution < 1.29 is 9.15 Å². The molecule has 24 heavy (non-hydrogen) atoms. The van der Waals surface area contributed by atoms with Crippen LogP contribution < -0.4 is 10.4 Å². The van der Waals surface area contributed by atoms with E-state index >= 15 is 0 Å². The van der Waals surface area contributed by atoms with Gasteiger partial charge in [-0.2, -0.15) is 0 Å². The molecule has 124 valence electrons. The highest BCUT2D eigenvalue weighted by atomic mass is 79.9. The molecule has 0 spiro atoms. The average molecular weight is 387 g/mol. The molecule has 0 aliphatic rings. The van der Waals surface area contributed by atoms with E-state index in [-0.39, 0.29) is 5.63 Å². The molecule has 0 aliphatic carbocycles. The summed E-state index contributed by atoms with van der Waals surface area (Å²) in [6.07, 6.45) is 0.944. The van der Waals surface area contributed by atoms with Crippen LogP contribution in [0.3, 0.4) is 0 Å². The van der Waals surface area contributed by atoms with Gasteiger partial charge >= 0.3 is 5.63 Å². The minimum atomic E-state index is -0.279. The van der Waals surface area contributed by atoms with E-state index in [0.717, 1.165) is 39.6 Å². The molecule has 0 unspecified atom stereocenters. The van der Waals surface area contributed by atoms with Crippen molar-refractivity contribution in [3.05, 3.63) is 64.0 Å². The van der Waals surface area contributed by atoms with Crippen molar-refractivity contribution in [1.29, 1.82) is 0 Å². The molecular weight excluding hydrogens is 368 g/mol. The number of fused-ring (bicyclic) bond motifs is 1. The van der Waals surface area contributed by atoms with Gasteiger partial charge in [-0.15, -0.1) is 0 Å². The highest BCUT2D eigenvalue weighted by Gasteiger charge is 2.11. The molecule has 1 aromatic heterocycles. The zero-order valence-corrected chi connectivity index (χ0v) is 15.4. The van der Waals surface area contributed by atoms with Crippen LogP contribution in [0.1, 0.15) is 17.5 Å². The number of rotatable bonds is 5. The van der Waals surface area contributed by atoms with E-state index in [1.807, 2.05) is 49.4 Å². The molecule has 1 heterocycles. The Labute approximate surface area is 149 Å². The number of alkyl halides is 1. The van der Waals surface area contributed by atoms with Crippen molar-refractivity contribution in [2.75, 3.05) is 11.9 Å². The van der Waals surface area contributed by atoms with Gasteiger partial charge in [-0.3, -0.25) is 0 Å². The Balaban J connectivity index is 2.07. The summed E-state index contributed by atoms with van der Waals surface area (Å²) >= 11 is 3.41. The van der Waals surface area contributed by atoms with E-state index in [9.17, 15) is 4.79 Å². The highest BCUT2D eigenvalue weighted by Crippen LogP contribution is 2.32. The fourth-order valence-electron chi connectivity index (χ4n) is 2.68. The molecule has 0 amide bonds. The van der Waals surface area contributed by atoms with Crippen LogP contribution in [-0.4, -0.2) is 11.9 Å². The number of hydrogen-bond donors (Lipinski definition) is 0. The van der Waals surface area contributed by atoms with Gasteiger partial charge in [-0.25, -0.2) is 4.79 Å². The van der Waals surface area contributed by atoms with Crippen LogP contribution in [0.2, 0.25) is 0 Å². The molecule has 3 aromatic rings. The van der Waals surface area contributed by atoms with E-state index in [0.29, 0.717) is 17.8 Å². The number of benzene rings is 2. The maximum atomic E-state index is 11.9. The van der Waals surface area contributed by atoms with E-state index in [2.05, 4.69) is 15.9 Å². The second kappa shape index (κ2) is 7.22. The van der Waals surface area contributed by atoms with Crippen molar-refractivity contribution in [2.24, 2.45) is 0 Å². The first kappa shape index (κ1) is 16.8. The van der Waals surface area contributed by atoms with Gasteiger partial charge in [0.15, 0.2) is 0 Å². The quantitative estimate of drug-likeness (QED) is 0.341. The summed E-state index contributed by atoms with van der Waals surface area (Å²) in [6, 6.07) is 13.9. The maximum Gasteiger partial charge on any atom is 0.339 e. The largest absolute Gasteiger partial charge is 0.493 e. The minimum absolute atomic E-state index is 0.279. The predicted octanol–water partition coefficient (Wildman–Crippen LogP) is 5.24. The SMILES string of the molecule is Cc1c(C)c2ccc(-c3ccccc3OCCCBr)cc2oc1=O. The molecule has 0 saturated carbocycles. The Morgan fingerprint density at radius 3 is 2.67 bits per heavy atom. The van der Waals surface area contributed by atoms with Crippen molar-refractivity contribution in [1.82, 2.24) is 0 Å². The van der Waals surface area contributed by atoms with Crippen LogP contribution >= 0.6 is 15.9 Å². The molecule has 2 aromatic carbocycles. The fraction of sp³-hybridized carbons (Fsp3) is 0.250. The molecule has 0 bridgehead atoms. The zero-order valence-electron chi connectivity index (χ0n) is 13.8. The van der Waals surface area contributed by atoms with Crippen LogP contribution in [0, 0.1) is 13.8 Å². The van der Waals surface area contributed by atoms with Gasteiger partial charge < -0.3 is 9.15 Å². The second-order valence-electron chi connectivity index (χ2n) is 5.74. The molecule has 0 fully saturated rings. The van der Waals surface area contributed by atoms with E-state index < -0.39 is 0 Å². The zero-order chi connectivity index (χ0) is 17.1. The first-order valence-corrected chi connectivity index (χ1v) is 9.06. The van der Waals surface area contributed by atoms with E-state index in [4.69, 9.17) is 9.15 Å². The topological polar surface area (TPSA) is 39.4 Å². The Morgan fingerprint density at radius 2 is 1.88 bits per heavy atom. The average Bonchev–Trinajstić information content (AvgIpc) is 2.60. The Hall–Kier alpha value is -2.07. The van der Waals surface area contributed by atoms with Gasteiger partial charge in [-0.05, 0) is 43.5 Å². The van der Waals surface area contributed by atoms with Crippen molar-refractivity contribution >= 4 is 26.9 Å². The van der Waals surface area contributed by atoms with Crippen LogP contribution in [0.25, 0.3) is 22.1 Å².